The Bertz CT molecular complexity index is 1200. The fraction of sp³-hybridized carbons (Fsp3) is 0.308. The van der Waals surface area contributed by atoms with Gasteiger partial charge in [0.2, 0.25) is 5.91 Å². The summed E-state index contributed by atoms with van der Waals surface area (Å²) in [6, 6.07) is 16.4. The Morgan fingerprint density at radius 3 is 2.75 bits per heavy atom. The minimum atomic E-state index is -0.0192. The van der Waals surface area contributed by atoms with Gasteiger partial charge in [-0.2, -0.15) is 0 Å². The number of amides is 1. The molecule has 0 saturated carbocycles. The lowest BCUT2D eigenvalue weighted by atomic mass is 9.89. The second-order valence-electron chi connectivity index (χ2n) is 8.66. The summed E-state index contributed by atoms with van der Waals surface area (Å²) in [6.07, 6.45) is 4.84. The summed E-state index contributed by atoms with van der Waals surface area (Å²) in [7, 11) is 0. The number of hydrogen-bond donors (Lipinski definition) is 2. The maximum absolute atomic E-state index is 12.4. The molecule has 0 unspecified atom stereocenters. The van der Waals surface area contributed by atoms with E-state index < -0.39 is 0 Å². The predicted molar refractivity (Wildman–Crippen MR) is 131 cm³/mol. The van der Waals surface area contributed by atoms with Crippen molar-refractivity contribution in [2.45, 2.75) is 38.6 Å². The Labute approximate surface area is 192 Å². The molecule has 1 fully saturated rings. The number of piperidine rings is 1. The molecule has 0 atom stereocenters. The lowest BCUT2D eigenvalue weighted by Crippen LogP contribution is -2.32. The van der Waals surface area contributed by atoms with Crippen LogP contribution in [0.15, 0.2) is 60.1 Å². The third-order valence-electron chi connectivity index (χ3n) is 6.28. The van der Waals surface area contributed by atoms with E-state index in [0.717, 1.165) is 48.9 Å². The zero-order valence-electron chi connectivity index (χ0n) is 18.3. The van der Waals surface area contributed by atoms with E-state index in [-0.39, 0.29) is 5.91 Å². The Morgan fingerprint density at radius 1 is 1.16 bits per heavy atom. The topological polar surface area (TPSA) is 61.0 Å². The number of rotatable bonds is 6. The van der Waals surface area contributed by atoms with Crippen molar-refractivity contribution < 1.29 is 4.79 Å². The van der Waals surface area contributed by atoms with E-state index in [1.54, 1.807) is 11.3 Å². The van der Waals surface area contributed by atoms with Crippen LogP contribution in [0.5, 0.6) is 0 Å². The molecular weight excluding hydrogens is 416 g/mol. The highest BCUT2D eigenvalue weighted by atomic mass is 32.1. The molecule has 2 N–H and O–H groups in total. The average Bonchev–Trinajstić information content (AvgIpc) is 3.43. The summed E-state index contributed by atoms with van der Waals surface area (Å²) in [5, 5.41) is 7.28. The number of fused-ring (bicyclic) bond motifs is 1. The first-order valence-electron chi connectivity index (χ1n) is 11.2. The average molecular weight is 445 g/mol. The Kier molecular flexibility index (Phi) is 6.06. The van der Waals surface area contributed by atoms with E-state index >= 15 is 0 Å². The zero-order valence-corrected chi connectivity index (χ0v) is 19.1. The van der Waals surface area contributed by atoms with Gasteiger partial charge >= 0.3 is 0 Å². The number of anilines is 1. The molecular formula is C26H28N4OS. The summed E-state index contributed by atoms with van der Waals surface area (Å²) in [5.74, 6) is 0.591. The van der Waals surface area contributed by atoms with Gasteiger partial charge in [-0.1, -0.05) is 35.9 Å². The number of H-pyrrole nitrogens is 1. The minimum Gasteiger partial charge on any atom is -0.361 e. The molecule has 3 heterocycles. The summed E-state index contributed by atoms with van der Waals surface area (Å²) in [4.78, 5) is 23.0. The normalized spacial score (nSPS) is 15.3. The highest BCUT2D eigenvalue weighted by Crippen LogP contribution is 2.33. The summed E-state index contributed by atoms with van der Waals surface area (Å²) in [5.41, 5.74) is 5.76. The molecule has 1 aliphatic heterocycles. The first kappa shape index (κ1) is 20.9. The van der Waals surface area contributed by atoms with Gasteiger partial charge in [-0.3, -0.25) is 9.69 Å². The van der Waals surface area contributed by atoms with Crippen molar-refractivity contribution in [3.05, 3.63) is 81.9 Å². The van der Waals surface area contributed by atoms with Crippen LogP contribution in [0.2, 0.25) is 0 Å². The number of nitrogens with zero attached hydrogens (tertiary/aromatic N) is 2. The third-order valence-corrected chi connectivity index (χ3v) is 7.18. The van der Waals surface area contributed by atoms with E-state index in [1.165, 1.54) is 22.0 Å². The molecule has 5 rings (SSSR count). The van der Waals surface area contributed by atoms with Gasteiger partial charge in [-0.15, -0.1) is 11.3 Å². The van der Waals surface area contributed by atoms with Crippen LogP contribution >= 0.6 is 11.3 Å². The fourth-order valence-electron chi connectivity index (χ4n) is 4.55. The van der Waals surface area contributed by atoms with E-state index in [9.17, 15) is 4.79 Å². The molecule has 5 nitrogen and oxygen atoms in total. The number of para-hydroxylation sites is 1. The van der Waals surface area contributed by atoms with Gasteiger partial charge in [0.15, 0.2) is 0 Å². The smallest absolute Gasteiger partial charge is 0.231 e. The SMILES string of the molecule is Cc1ccc(NC(=O)Cc2nc(CN3CCC(c4c[nH]c5ccccc45)CC3)cs2)cc1. The van der Waals surface area contributed by atoms with Crippen molar-refractivity contribution in [2.24, 2.45) is 0 Å². The van der Waals surface area contributed by atoms with Gasteiger partial charge in [-0.25, -0.2) is 4.98 Å². The van der Waals surface area contributed by atoms with Gasteiger partial charge in [0.25, 0.3) is 0 Å². The largest absolute Gasteiger partial charge is 0.361 e. The van der Waals surface area contributed by atoms with Crippen LogP contribution in [0.3, 0.4) is 0 Å². The monoisotopic (exact) mass is 444 g/mol. The van der Waals surface area contributed by atoms with Gasteiger partial charge < -0.3 is 10.3 Å². The minimum absolute atomic E-state index is 0.0192. The molecule has 2 aromatic heterocycles. The number of benzene rings is 2. The molecule has 2 aromatic carbocycles. The second kappa shape index (κ2) is 9.27. The van der Waals surface area contributed by atoms with Crippen molar-refractivity contribution in [1.82, 2.24) is 14.9 Å². The Hall–Kier alpha value is -2.96. The molecule has 0 radical (unpaired) electrons. The number of likely N-dealkylation sites (tertiary alicyclic amines) is 1. The number of thiazole rings is 1. The van der Waals surface area contributed by atoms with E-state index in [1.807, 2.05) is 31.2 Å². The standard InChI is InChI=1S/C26H28N4OS/c1-18-6-8-20(9-7-18)28-25(31)14-26-29-21(17-32-26)16-30-12-10-19(11-13-30)23-15-27-24-5-3-2-4-22(23)24/h2-9,15,17,19,27H,10-14,16H2,1H3,(H,28,31). The van der Waals surface area contributed by atoms with Gasteiger partial charge in [0.1, 0.15) is 5.01 Å². The zero-order chi connectivity index (χ0) is 21.9. The molecule has 0 bridgehead atoms. The highest BCUT2D eigenvalue weighted by Gasteiger charge is 2.23. The fourth-order valence-corrected chi connectivity index (χ4v) is 5.33. The molecule has 1 aliphatic rings. The number of nitrogens with one attached hydrogen (secondary N) is 2. The summed E-state index contributed by atoms with van der Waals surface area (Å²) >= 11 is 1.58. The molecule has 164 valence electrons. The molecule has 32 heavy (non-hydrogen) atoms. The van der Waals surface area contributed by atoms with Crippen LogP contribution in [0.1, 0.15) is 40.6 Å². The van der Waals surface area contributed by atoms with Crippen LogP contribution in [-0.2, 0) is 17.8 Å². The van der Waals surface area contributed by atoms with Crippen LogP contribution < -0.4 is 5.32 Å². The summed E-state index contributed by atoms with van der Waals surface area (Å²) < 4.78 is 0. The number of hydrogen-bond acceptors (Lipinski definition) is 4. The van der Waals surface area contributed by atoms with Gasteiger partial charge in [-0.05, 0) is 62.5 Å². The third kappa shape index (κ3) is 4.76. The first-order chi connectivity index (χ1) is 15.6. The van der Waals surface area contributed by atoms with E-state index in [4.69, 9.17) is 4.98 Å². The van der Waals surface area contributed by atoms with Crippen molar-refractivity contribution >= 4 is 33.8 Å². The molecule has 1 amide bonds. The molecule has 6 heteroatoms. The van der Waals surface area contributed by atoms with Crippen LogP contribution in [0.4, 0.5) is 5.69 Å². The molecule has 0 spiro atoms. The number of carbonyl (C=O) groups excluding carboxylic acids is 1. The quantitative estimate of drug-likeness (QED) is 0.413. The second-order valence-corrected chi connectivity index (χ2v) is 9.61. The number of aromatic nitrogens is 2. The lowest BCUT2D eigenvalue weighted by molar-refractivity contribution is -0.115. The van der Waals surface area contributed by atoms with E-state index in [0.29, 0.717) is 12.3 Å². The van der Waals surface area contributed by atoms with Crippen molar-refractivity contribution in [1.29, 1.82) is 0 Å². The molecule has 4 aromatic rings. The number of aromatic amines is 1. The lowest BCUT2D eigenvalue weighted by Gasteiger charge is -2.31. The van der Waals surface area contributed by atoms with Gasteiger partial charge in [0, 0.05) is 34.7 Å². The Morgan fingerprint density at radius 2 is 1.94 bits per heavy atom. The maximum atomic E-state index is 12.4. The number of carbonyl (C=O) groups is 1. The van der Waals surface area contributed by atoms with Crippen LogP contribution in [0.25, 0.3) is 10.9 Å². The van der Waals surface area contributed by atoms with Crippen LogP contribution in [0, 0.1) is 6.92 Å². The van der Waals surface area contributed by atoms with Crippen molar-refractivity contribution in [2.75, 3.05) is 18.4 Å². The molecule has 0 aliphatic carbocycles. The highest BCUT2D eigenvalue weighted by molar-refractivity contribution is 7.09. The predicted octanol–water partition coefficient (Wildman–Crippen LogP) is 5.49. The van der Waals surface area contributed by atoms with E-state index in [2.05, 4.69) is 51.0 Å². The van der Waals surface area contributed by atoms with Crippen molar-refractivity contribution in [3.63, 3.8) is 0 Å². The van der Waals surface area contributed by atoms with Gasteiger partial charge in [0.05, 0.1) is 12.1 Å². The Balaban J connectivity index is 1.13. The maximum Gasteiger partial charge on any atom is 0.231 e. The van der Waals surface area contributed by atoms with Crippen molar-refractivity contribution in [3.8, 4) is 0 Å². The first-order valence-corrected chi connectivity index (χ1v) is 12.1. The molecule has 1 saturated heterocycles. The number of aryl methyl sites for hydroxylation is 1. The summed E-state index contributed by atoms with van der Waals surface area (Å²) in [6.45, 7) is 5.04. The van der Waals surface area contributed by atoms with Crippen LogP contribution in [-0.4, -0.2) is 33.9 Å².